The van der Waals surface area contributed by atoms with Crippen LogP contribution in [0.25, 0.3) is 0 Å². The average Bonchev–Trinajstić information content (AvgIpc) is 2.96. The predicted octanol–water partition coefficient (Wildman–Crippen LogP) is 5.01. The number of halogens is 1. The third kappa shape index (κ3) is 2.87. The van der Waals surface area contributed by atoms with Gasteiger partial charge in [0.25, 0.3) is 7.37 Å². The van der Waals surface area contributed by atoms with E-state index in [1.54, 1.807) is 37.4 Å². The van der Waals surface area contributed by atoms with Crippen LogP contribution in [0.3, 0.4) is 0 Å². The van der Waals surface area contributed by atoms with Crippen molar-refractivity contribution in [1.29, 1.82) is 0 Å². The molecule has 2 atom stereocenters. The van der Waals surface area contributed by atoms with E-state index in [0.29, 0.717) is 21.4 Å². The highest BCUT2D eigenvalue weighted by molar-refractivity contribution is 7.74. The van der Waals surface area contributed by atoms with Crippen molar-refractivity contribution in [2.24, 2.45) is 0 Å². The normalized spacial score (nSPS) is 21.4. The van der Waals surface area contributed by atoms with Gasteiger partial charge in [-0.3, -0.25) is 4.57 Å². The Hall–Kier alpha value is -2.06. The summed E-state index contributed by atoms with van der Waals surface area (Å²) in [5.74, 6) is 0.714. The van der Waals surface area contributed by atoms with Gasteiger partial charge in [-0.15, -0.1) is 0 Å². The van der Waals surface area contributed by atoms with Gasteiger partial charge in [-0.05, 0) is 55.0 Å². The van der Waals surface area contributed by atoms with Gasteiger partial charge in [0.15, 0.2) is 0 Å². The molecule has 0 aromatic heterocycles. The van der Waals surface area contributed by atoms with Crippen LogP contribution in [0.15, 0.2) is 66.7 Å². The van der Waals surface area contributed by atoms with E-state index in [0.717, 1.165) is 16.7 Å². The Kier molecular flexibility index (Phi) is 4.40. The number of hydrogen-bond donors (Lipinski definition) is 0. The maximum Gasteiger partial charge on any atom is 0.262 e. The number of aryl methyl sites for hydroxylation is 1. The van der Waals surface area contributed by atoms with Gasteiger partial charge in [-0.25, -0.2) is 0 Å². The van der Waals surface area contributed by atoms with Crippen LogP contribution < -0.4 is 15.3 Å². The SMILES string of the molecule is COc1ccc(P2(=O)O[C@H](c3ccc(C)cc3)c3cc(Cl)ccc32)cc1. The molecule has 0 spiro atoms. The smallest absolute Gasteiger partial charge is 0.262 e. The highest BCUT2D eigenvalue weighted by Crippen LogP contribution is 2.57. The second-order valence-electron chi connectivity index (χ2n) is 6.35. The molecular weight excluding hydrogens is 367 g/mol. The topological polar surface area (TPSA) is 35.5 Å². The molecule has 3 nitrogen and oxygen atoms in total. The molecule has 1 aliphatic rings. The summed E-state index contributed by atoms with van der Waals surface area (Å²) in [5, 5.41) is 1.96. The van der Waals surface area contributed by atoms with Crippen LogP contribution in [-0.2, 0) is 9.09 Å². The van der Waals surface area contributed by atoms with Crippen molar-refractivity contribution in [3.63, 3.8) is 0 Å². The molecule has 1 unspecified atom stereocenters. The number of methoxy groups -OCH3 is 1. The number of hydrogen-bond acceptors (Lipinski definition) is 3. The lowest BCUT2D eigenvalue weighted by molar-refractivity contribution is 0.272. The van der Waals surface area contributed by atoms with Crippen LogP contribution in [0.5, 0.6) is 5.75 Å². The Balaban J connectivity index is 1.85. The van der Waals surface area contributed by atoms with E-state index >= 15 is 0 Å². The van der Waals surface area contributed by atoms with Gasteiger partial charge < -0.3 is 9.26 Å². The summed E-state index contributed by atoms with van der Waals surface area (Å²) in [6.07, 6.45) is -0.405. The first-order chi connectivity index (χ1) is 12.5. The zero-order chi connectivity index (χ0) is 18.3. The van der Waals surface area contributed by atoms with Gasteiger partial charge in [-0.2, -0.15) is 0 Å². The van der Waals surface area contributed by atoms with E-state index < -0.39 is 13.5 Å². The fourth-order valence-electron chi connectivity index (χ4n) is 3.23. The fraction of sp³-hybridized carbons (Fsp3) is 0.143. The lowest BCUT2D eigenvalue weighted by Crippen LogP contribution is -2.14. The number of benzene rings is 3. The van der Waals surface area contributed by atoms with Gasteiger partial charge in [0.05, 0.1) is 7.11 Å². The van der Waals surface area contributed by atoms with Crippen molar-refractivity contribution in [2.45, 2.75) is 13.0 Å². The highest BCUT2D eigenvalue weighted by atomic mass is 35.5. The molecule has 0 saturated heterocycles. The number of rotatable bonds is 3. The molecule has 1 heterocycles. The van der Waals surface area contributed by atoms with E-state index in [4.69, 9.17) is 20.9 Å². The van der Waals surface area contributed by atoms with Crippen molar-refractivity contribution in [2.75, 3.05) is 7.11 Å². The van der Waals surface area contributed by atoms with Crippen LogP contribution in [0.1, 0.15) is 22.8 Å². The largest absolute Gasteiger partial charge is 0.497 e. The molecule has 132 valence electrons. The van der Waals surface area contributed by atoms with E-state index in [1.165, 1.54) is 0 Å². The Morgan fingerprint density at radius 2 is 1.69 bits per heavy atom. The lowest BCUT2D eigenvalue weighted by atomic mass is 10.0. The summed E-state index contributed by atoms with van der Waals surface area (Å²) in [4.78, 5) is 0. The molecule has 3 aromatic carbocycles. The zero-order valence-corrected chi connectivity index (χ0v) is 16.1. The zero-order valence-electron chi connectivity index (χ0n) is 14.5. The molecule has 0 saturated carbocycles. The molecule has 4 rings (SSSR count). The van der Waals surface area contributed by atoms with Crippen LogP contribution >= 0.6 is 19.0 Å². The highest BCUT2D eigenvalue weighted by Gasteiger charge is 2.43. The Bertz CT molecular complexity index is 997. The van der Waals surface area contributed by atoms with Crippen LogP contribution in [-0.4, -0.2) is 7.11 Å². The summed E-state index contributed by atoms with van der Waals surface area (Å²) in [7, 11) is -1.61. The van der Waals surface area contributed by atoms with Crippen LogP contribution in [0.2, 0.25) is 5.02 Å². The molecule has 0 N–H and O–H groups in total. The molecule has 0 aliphatic carbocycles. The monoisotopic (exact) mass is 384 g/mol. The first-order valence-corrected chi connectivity index (χ1v) is 10.3. The molecule has 0 bridgehead atoms. The third-order valence-electron chi connectivity index (χ3n) is 4.64. The summed E-state index contributed by atoms with van der Waals surface area (Å²) in [6.45, 7) is 2.03. The first-order valence-electron chi connectivity index (χ1n) is 8.31. The third-order valence-corrected chi connectivity index (χ3v) is 7.40. The van der Waals surface area contributed by atoms with Crippen molar-refractivity contribution < 1.29 is 13.8 Å². The second-order valence-corrected chi connectivity index (χ2v) is 9.10. The molecule has 1 aliphatic heterocycles. The average molecular weight is 385 g/mol. The Labute approximate surface area is 158 Å². The first kappa shape index (κ1) is 17.4. The van der Waals surface area contributed by atoms with Crippen molar-refractivity contribution in [3.8, 4) is 5.75 Å². The molecule has 3 aromatic rings. The second kappa shape index (κ2) is 6.59. The number of fused-ring (bicyclic) bond motifs is 1. The van der Waals surface area contributed by atoms with Crippen molar-refractivity contribution >= 4 is 29.6 Å². The van der Waals surface area contributed by atoms with Gasteiger partial charge in [0, 0.05) is 21.2 Å². The van der Waals surface area contributed by atoms with Crippen molar-refractivity contribution in [3.05, 3.63) is 88.4 Å². The fourth-order valence-corrected chi connectivity index (χ4v) is 5.79. The molecule has 0 amide bonds. The quantitative estimate of drug-likeness (QED) is 0.596. The molecule has 5 heteroatoms. The summed E-state index contributed by atoms with van der Waals surface area (Å²) >= 11 is 6.22. The maximum atomic E-state index is 13.9. The molecular formula is C21H18ClO3P. The van der Waals surface area contributed by atoms with Crippen LogP contribution in [0, 0.1) is 6.92 Å². The van der Waals surface area contributed by atoms with Crippen molar-refractivity contribution in [1.82, 2.24) is 0 Å². The molecule has 0 radical (unpaired) electrons. The van der Waals surface area contributed by atoms with Gasteiger partial charge in [0.2, 0.25) is 0 Å². The van der Waals surface area contributed by atoms with E-state index in [2.05, 4.69) is 0 Å². The van der Waals surface area contributed by atoms with Crippen LogP contribution in [0.4, 0.5) is 0 Å². The van der Waals surface area contributed by atoms with Gasteiger partial charge in [-0.1, -0.05) is 41.4 Å². The number of ether oxygens (including phenoxy) is 1. The molecule has 26 heavy (non-hydrogen) atoms. The lowest BCUT2D eigenvalue weighted by Gasteiger charge is -2.16. The minimum atomic E-state index is -3.21. The van der Waals surface area contributed by atoms with Gasteiger partial charge >= 0.3 is 0 Å². The van der Waals surface area contributed by atoms with E-state index in [9.17, 15) is 4.57 Å². The minimum Gasteiger partial charge on any atom is -0.497 e. The Morgan fingerprint density at radius 1 is 1.00 bits per heavy atom. The summed E-state index contributed by atoms with van der Waals surface area (Å²) < 4.78 is 25.3. The molecule has 0 fully saturated rings. The van der Waals surface area contributed by atoms with E-state index in [-0.39, 0.29) is 0 Å². The Morgan fingerprint density at radius 3 is 2.35 bits per heavy atom. The van der Waals surface area contributed by atoms with E-state index in [1.807, 2.05) is 43.3 Å². The maximum absolute atomic E-state index is 13.9. The summed E-state index contributed by atoms with van der Waals surface area (Å²) in [5.41, 5.74) is 2.99. The predicted molar refractivity (Wildman–Crippen MR) is 105 cm³/mol. The summed E-state index contributed by atoms with van der Waals surface area (Å²) in [6, 6.07) is 20.7. The standard InChI is InChI=1S/C21H18ClO3P/c1-14-3-5-15(6-4-14)21-19-13-16(22)7-12-20(19)26(23,25-21)18-10-8-17(24-2)9-11-18/h3-13,21H,1-2H3/t21-,26?/m1/s1. The minimum absolute atomic E-state index is 0.405. The van der Waals surface area contributed by atoms with Gasteiger partial charge in [0.1, 0.15) is 11.9 Å².